The van der Waals surface area contributed by atoms with Crippen molar-refractivity contribution in [2.24, 2.45) is 0 Å². The Morgan fingerprint density at radius 1 is 1.05 bits per heavy atom. The minimum absolute atomic E-state index is 0.0265. The van der Waals surface area contributed by atoms with E-state index in [0.29, 0.717) is 24.2 Å². The number of benzene rings is 2. The standard InChI is InChI=1S/C28H28ClF2NO6S/c1-4-12-38-28(36)20-11-6-5-10-19(20)26(34)32(25(33)17-8-7-9-18(30)13-17)23-15-24(21(29)14-22(23)31)39-16(2)27(35)37-3/h7-9,13-16H,4-6,10-12H2,1-3H3. The van der Waals surface area contributed by atoms with E-state index in [1.54, 1.807) is 6.92 Å². The van der Waals surface area contributed by atoms with Crippen molar-refractivity contribution in [2.75, 3.05) is 18.6 Å². The summed E-state index contributed by atoms with van der Waals surface area (Å²) in [6.45, 7) is 3.53. The first kappa shape index (κ1) is 30.3. The number of anilines is 1. The van der Waals surface area contributed by atoms with Crippen LogP contribution in [0.25, 0.3) is 0 Å². The molecule has 7 nitrogen and oxygen atoms in total. The molecule has 1 atom stereocenters. The van der Waals surface area contributed by atoms with Crippen LogP contribution in [0.2, 0.25) is 5.02 Å². The molecule has 0 fully saturated rings. The second-order valence-corrected chi connectivity index (χ2v) is 10.6. The summed E-state index contributed by atoms with van der Waals surface area (Å²) in [7, 11) is 1.22. The molecule has 1 aliphatic carbocycles. The summed E-state index contributed by atoms with van der Waals surface area (Å²) in [5.74, 6) is -4.89. The van der Waals surface area contributed by atoms with E-state index in [0.717, 1.165) is 30.0 Å². The first-order chi connectivity index (χ1) is 18.6. The molecule has 0 aromatic heterocycles. The van der Waals surface area contributed by atoms with Gasteiger partial charge in [-0.2, -0.15) is 0 Å². The zero-order chi connectivity index (χ0) is 28.7. The van der Waals surface area contributed by atoms with Crippen molar-refractivity contribution < 1.29 is 37.4 Å². The van der Waals surface area contributed by atoms with Gasteiger partial charge in [-0.1, -0.05) is 24.6 Å². The molecule has 3 rings (SSSR count). The van der Waals surface area contributed by atoms with Crippen molar-refractivity contribution in [3.63, 3.8) is 0 Å². The van der Waals surface area contributed by atoms with E-state index in [2.05, 4.69) is 0 Å². The SMILES string of the molecule is CCCOC(=O)C1=C(C(=O)N(C(=O)c2cccc(F)c2)c2cc(SC(C)C(=O)OC)c(Cl)cc2F)CCCC1. The maximum atomic E-state index is 15.4. The second kappa shape index (κ2) is 13.7. The monoisotopic (exact) mass is 579 g/mol. The fourth-order valence-corrected chi connectivity index (χ4v) is 5.24. The number of esters is 2. The number of amides is 2. The number of methoxy groups -OCH3 is 1. The van der Waals surface area contributed by atoms with Crippen LogP contribution in [-0.2, 0) is 23.9 Å². The number of ether oxygens (including phenoxy) is 2. The van der Waals surface area contributed by atoms with Crippen LogP contribution in [-0.4, -0.2) is 42.7 Å². The molecule has 1 unspecified atom stereocenters. The van der Waals surface area contributed by atoms with E-state index in [1.165, 1.54) is 25.3 Å². The summed E-state index contributed by atoms with van der Waals surface area (Å²) in [4.78, 5) is 53.2. The number of hydrogen-bond donors (Lipinski definition) is 0. The lowest BCUT2D eigenvalue weighted by atomic mass is 9.90. The van der Waals surface area contributed by atoms with Crippen LogP contribution in [0, 0.1) is 11.6 Å². The molecule has 0 N–H and O–H groups in total. The van der Waals surface area contributed by atoms with Crippen LogP contribution in [0.3, 0.4) is 0 Å². The van der Waals surface area contributed by atoms with Gasteiger partial charge in [0.25, 0.3) is 11.8 Å². The van der Waals surface area contributed by atoms with Crippen LogP contribution in [0.15, 0.2) is 52.4 Å². The number of imide groups is 1. The molecule has 1 aliphatic rings. The maximum Gasteiger partial charge on any atom is 0.334 e. The van der Waals surface area contributed by atoms with E-state index < -0.39 is 46.3 Å². The third-order valence-electron chi connectivity index (χ3n) is 5.97. The Hall–Kier alpha value is -3.24. The average molecular weight is 580 g/mol. The molecular formula is C28H28ClF2NO6S. The van der Waals surface area contributed by atoms with Gasteiger partial charge in [-0.25, -0.2) is 18.5 Å². The number of carbonyl (C=O) groups is 4. The Kier molecular flexibility index (Phi) is 10.7. The predicted molar refractivity (Wildman–Crippen MR) is 144 cm³/mol. The maximum absolute atomic E-state index is 15.4. The Balaban J connectivity index is 2.17. The topological polar surface area (TPSA) is 90.0 Å². The Morgan fingerprint density at radius 3 is 2.38 bits per heavy atom. The van der Waals surface area contributed by atoms with Crippen LogP contribution in [0.4, 0.5) is 14.5 Å². The predicted octanol–water partition coefficient (Wildman–Crippen LogP) is 6.27. The summed E-state index contributed by atoms with van der Waals surface area (Å²) in [6, 6.07) is 6.73. The molecule has 0 radical (unpaired) electrons. The van der Waals surface area contributed by atoms with E-state index in [1.807, 2.05) is 6.92 Å². The Labute approximate surface area is 234 Å². The molecule has 0 saturated heterocycles. The van der Waals surface area contributed by atoms with Gasteiger partial charge < -0.3 is 9.47 Å². The number of rotatable bonds is 9. The summed E-state index contributed by atoms with van der Waals surface area (Å²) in [5.41, 5.74) is -0.516. The number of halogens is 3. The van der Waals surface area contributed by atoms with Gasteiger partial charge in [-0.3, -0.25) is 14.4 Å². The normalized spacial score (nSPS) is 14.0. The summed E-state index contributed by atoms with van der Waals surface area (Å²) >= 11 is 7.18. The zero-order valence-electron chi connectivity index (χ0n) is 21.7. The highest BCUT2D eigenvalue weighted by Crippen LogP contribution is 2.38. The molecule has 0 saturated carbocycles. The number of nitrogens with zero attached hydrogens (tertiary/aromatic N) is 1. The van der Waals surface area contributed by atoms with Crippen LogP contribution in [0.1, 0.15) is 56.3 Å². The highest BCUT2D eigenvalue weighted by molar-refractivity contribution is 8.00. The smallest absolute Gasteiger partial charge is 0.334 e. The fourth-order valence-electron chi connectivity index (χ4n) is 4.03. The van der Waals surface area contributed by atoms with Crippen LogP contribution in [0.5, 0.6) is 0 Å². The van der Waals surface area contributed by atoms with Crippen molar-refractivity contribution in [3.05, 3.63) is 69.8 Å². The van der Waals surface area contributed by atoms with Crippen molar-refractivity contribution in [1.82, 2.24) is 0 Å². The lowest BCUT2D eigenvalue weighted by molar-refractivity contribution is -0.140. The molecule has 208 valence electrons. The van der Waals surface area contributed by atoms with E-state index in [4.69, 9.17) is 21.1 Å². The van der Waals surface area contributed by atoms with Crippen LogP contribution < -0.4 is 4.90 Å². The van der Waals surface area contributed by atoms with Gasteiger partial charge in [0.05, 0.1) is 24.4 Å². The van der Waals surface area contributed by atoms with Crippen molar-refractivity contribution >= 4 is 52.8 Å². The van der Waals surface area contributed by atoms with Gasteiger partial charge in [0.15, 0.2) is 0 Å². The molecule has 0 heterocycles. The van der Waals surface area contributed by atoms with Gasteiger partial charge >= 0.3 is 11.9 Å². The van der Waals surface area contributed by atoms with Gasteiger partial charge in [-0.05, 0) is 69.4 Å². The van der Waals surface area contributed by atoms with E-state index >= 15 is 4.39 Å². The highest BCUT2D eigenvalue weighted by Gasteiger charge is 2.35. The number of thioether (sulfide) groups is 1. The minimum atomic E-state index is -1.00. The lowest BCUT2D eigenvalue weighted by Crippen LogP contribution is -2.40. The number of carbonyl (C=O) groups excluding carboxylic acids is 4. The minimum Gasteiger partial charge on any atom is -0.468 e. The largest absolute Gasteiger partial charge is 0.468 e. The summed E-state index contributed by atoms with van der Waals surface area (Å²) in [6.07, 6.45) is 2.19. The van der Waals surface area contributed by atoms with Gasteiger partial charge in [0.1, 0.15) is 16.9 Å². The lowest BCUT2D eigenvalue weighted by Gasteiger charge is -2.27. The molecular weight excluding hydrogens is 552 g/mol. The molecule has 2 aromatic carbocycles. The molecule has 0 aliphatic heterocycles. The van der Waals surface area contributed by atoms with E-state index in [9.17, 15) is 23.6 Å². The van der Waals surface area contributed by atoms with Gasteiger partial charge in [0, 0.05) is 21.6 Å². The van der Waals surface area contributed by atoms with Crippen molar-refractivity contribution in [3.8, 4) is 0 Å². The molecule has 39 heavy (non-hydrogen) atoms. The molecule has 11 heteroatoms. The number of hydrogen-bond acceptors (Lipinski definition) is 7. The first-order valence-corrected chi connectivity index (χ1v) is 13.6. The summed E-state index contributed by atoms with van der Waals surface area (Å²) in [5, 5.41) is -0.793. The molecule has 2 amide bonds. The van der Waals surface area contributed by atoms with Crippen molar-refractivity contribution in [1.29, 1.82) is 0 Å². The summed E-state index contributed by atoms with van der Waals surface area (Å²) < 4.78 is 39.4. The molecule has 2 aromatic rings. The van der Waals surface area contributed by atoms with Gasteiger partial charge in [0.2, 0.25) is 0 Å². The van der Waals surface area contributed by atoms with Crippen molar-refractivity contribution in [2.45, 2.75) is 56.1 Å². The third-order valence-corrected chi connectivity index (χ3v) is 7.53. The average Bonchev–Trinajstić information content (AvgIpc) is 2.93. The van der Waals surface area contributed by atoms with Gasteiger partial charge in [-0.15, -0.1) is 11.8 Å². The quantitative estimate of drug-likeness (QED) is 0.196. The van der Waals surface area contributed by atoms with Crippen LogP contribution >= 0.6 is 23.4 Å². The van der Waals surface area contributed by atoms with E-state index in [-0.39, 0.29) is 46.1 Å². The molecule has 0 spiro atoms. The highest BCUT2D eigenvalue weighted by atomic mass is 35.5. The second-order valence-electron chi connectivity index (χ2n) is 8.77. The fraction of sp³-hybridized carbons (Fsp3) is 0.357. The zero-order valence-corrected chi connectivity index (χ0v) is 23.3. The third kappa shape index (κ3) is 7.24. The molecule has 0 bridgehead atoms. The first-order valence-electron chi connectivity index (χ1n) is 12.4. The Morgan fingerprint density at radius 2 is 1.74 bits per heavy atom. The Bertz CT molecular complexity index is 1310.